The Kier molecular flexibility index (Phi) is 3.67. The number of nitrogens with zero attached hydrogens (tertiary/aromatic N) is 3. The van der Waals surface area contributed by atoms with E-state index in [1.807, 2.05) is 60.7 Å². The van der Waals surface area contributed by atoms with Crippen molar-refractivity contribution in [3.8, 4) is 22.8 Å². The molecule has 3 aromatic carbocycles. The number of halogens is 1. The Balaban J connectivity index is 1.77. The van der Waals surface area contributed by atoms with Gasteiger partial charge in [0, 0.05) is 38.9 Å². The van der Waals surface area contributed by atoms with Crippen LogP contribution in [-0.2, 0) is 0 Å². The van der Waals surface area contributed by atoms with Gasteiger partial charge in [0.05, 0.1) is 5.56 Å². The second-order valence-corrected chi connectivity index (χ2v) is 6.86. The first-order valence-electron chi connectivity index (χ1n) is 8.17. The molecule has 0 aliphatic rings. The zero-order chi connectivity index (χ0) is 17.5. The molecule has 5 heteroatoms. The Morgan fingerprint density at radius 3 is 2.27 bits per heavy atom. The van der Waals surface area contributed by atoms with E-state index in [0.29, 0.717) is 15.5 Å². The van der Waals surface area contributed by atoms with Crippen LogP contribution >= 0.6 is 22.6 Å². The Hall–Kier alpha value is -2.80. The van der Waals surface area contributed by atoms with Crippen molar-refractivity contribution >= 4 is 44.5 Å². The summed E-state index contributed by atoms with van der Waals surface area (Å²) < 4.78 is 6.77. The second-order valence-electron chi connectivity index (χ2n) is 5.90. The van der Waals surface area contributed by atoms with Crippen LogP contribution in [0, 0.1) is 3.83 Å². The molecule has 0 saturated heterocycles. The van der Waals surface area contributed by atoms with Crippen LogP contribution in [0.5, 0.6) is 0 Å². The maximum Gasteiger partial charge on any atom is 0.194 e. The van der Waals surface area contributed by atoms with Gasteiger partial charge in [0.2, 0.25) is 0 Å². The molecule has 0 radical (unpaired) electrons. The molecular formula is C21H12IN3O. The van der Waals surface area contributed by atoms with Crippen molar-refractivity contribution in [2.45, 2.75) is 0 Å². The molecule has 0 aliphatic heterocycles. The van der Waals surface area contributed by atoms with E-state index in [4.69, 9.17) is 9.40 Å². The van der Waals surface area contributed by atoms with Gasteiger partial charge in [-0.15, -0.1) is 0 Å². The predicted molar refractivity (Wildman–Crippen MR) is 111 cm³/mol. The van der Waals surface area contributed by atoms with Gasteiger partial charge in [0.15, 0.2) is 15.5 Å². The van der Waals surface area contributed by atoms with Crippen LogP contribution in [0.3, 0.4) is 0 Å². The Morgan fingerprint density at radius 1 is 0.654 bits per heavy atom. The van der Waals surface area contributed by atoms with Crippen molar-refractivity contribution in [1.82, 2.24) is 15.0 Å². The van der Waals surface area contributed by atoms with Gasteiger partial charge in [-0.2, -0.15) is 0 Å². The van der Waals surface area contributed by atoms with E-state index in [9.17, 15) is 0 Å². The van der Waals surface area contributed by atoms with Gasteiger partial charge in [-0.25, -0.2) is 15.0 Å². The quantitative estimate of drug-likeness (QED) is 0.324. The molecule has 0 aliphatic carbocycles. The highest BCUT2D eigenvalue weighted by atomic mass is 127. The molecule has 5 aromatic rings. The first kappa shape index (κ1) is 15.5. The molecule has 0 bridgehead atoms. The first-order chi connectivity index (χ1) is 12.8. The molecule has 0 fully saturated rings. The molecule has 0 saturated carbocycles. The van der Waals surface area contributed by atoms with Crippen LogP contribution in [0.25, 0.3) is 44.7 Å². The van der Waals surface area contributed by atoms with E-state index in [-0.39, 0.29) is 0 Å². The lowest BCUT2D eigenvalue weighted by Gasteiger charge is -2.05. The fourth-order valence-electron chi connectivity index (χ4n) is 3.11. The lowest BCUT2D eigenvalue weighted by atomic mass is 10.1. The SMILES string of the molecule is Ic1nc(-c2ccccc2)nc(-c2cccc3c2oc2ccccc23)n1. The van der Waals surface area contributed by atoms with E-state index >= 15 is 0 Å². The van der Waals surface area contributed by atoms with E-state index in [1.165, 1.54) is 0 Å². The molecule has 5 rings (SSSR count). The smallest absolute Gasteiger partial charge is 0.194 e. The van der Waals surface area contributed by atoms with Crippen LogP contribution in [0.2, 0.25) is 0 Å². The zero-order valence-electron chi connectivity index (χ0n) is 13.6. The van der Waals surface area contributed by atoms with Crippen molar-refractivity contribution in [3.63, 3.8) is 0 Å². The second kappa shape index (κ2) is 6.17. The number of hydrogen-bond acceptors (Lipinski definition) is 4. The molecule has 124 valence electrons. The molecule has 4 nitrogen and oxygen atoms in total. The third-order valence-corrected chi connectivity index (χ3v) is 4.77. The zero-order valence-corrected chi connectivity index (χ0v) is 15.7. The highest BCUT2D eigenvalue weighted by Gasteiger charge is 2.15. The standard InChI is InChI=1S/C21H12IN3O/c22-21-24-19(13-7-2-1-3-8-13)23-20(25-21)16-11-6-10-15-14-9-4-5-12-17(14)26-18(15)16/h1-12H. The minimum Gasteiger partial charge on any atom is -0.455 e. The molecule has 0 amide bonds. The van der Waals surface area contributed by atoms with Gasteiger partial charge in [-0.3, -0.25) is 0 Å². The van der Waals surface area contributed by atoms with Crippen LogP contribution < -0.4 is 0 Å². The van der Waals surface area contributed by atoms with Crippen molar-refractivity contribution in [3.05, 3.63) is 76.6 Å². The molecule has 2 heterocycles. The minimum absolute atomic E-state index is 0.618. The Morgan fingerprint density at radius 2 is 1.38 bits per heavy atom. The third kappa shape index (κ3) is 2.55. The fraction of sp³-hybridized carbons (Fsp3) is 0. The van der Waals surface area contributed by atoms with E-state index in [0.717, 1.165) is 33.1 Å². The summed E-state index contributed by atoms with van der Waals surface area (Å²) in [6.45, 7) is 0. The molecule has 0 unspecified atom stereocenters. The summed E-state index contributed by atoms with van der Waals surface area (Å²) in [4.78, 5) is 13.7. The van der Waals surface area contributed by atoms with Crippen LogP contribution in [0.4, 0.5) is 0 Å². The van der Waals surface area contributed by atoms with Crippen LogP contribution in [-0.4, -0.2) is 15.0 Å². The predicted octanol–water partition coefficient (Wildman–Crippen LogP) is 5.71. The largest absolute Gasteiger partial charge is 0.455 e. The number of para-hydroxylation sites is 2. The highest BCUT2D eigenvalue weighted by Crippen LogP contribution is 2.34. The van der Waals surface area contributed by atoms with E-state index in [2.05, 4.69) is 44.7 Å². The van der Waals surface area contributed by atoms with Crippen LogP contribution in [0.15, 0.2) is 77.2 Å². The molecule has 0 atom stereocenters. The molecule has 0 spiro atoms. The van der Waals surface area contributed by atoms with Gasteiger partial charge in [-0.05, 0) is 12.1 Å². The average molecular weight is 449 g/mol. The molecule has 2 aromatic heterocycles. The average Bonchev–Trinajstić information content (AvgIpc) is 3.07. The van der Waals surface area contributed by atoms with Gasteiger partial charge < -0.3 is 4.42 Å². The summed E-state index contributed by atoms with van der Waals surface area (Å²) in [5.74, 6) is 1.28. The first-order valence-corrected chi connectivity index (χ1v) is 9.25. The number of rotatable bonds is 2. The fourth-order valence-corrected chi connectivity index (χ4v) is 3.57. The lowest BCUT2D eigenvalue weighted by Crippen LogP contribution is -1.99. The maximum atomic E-state index is 6.12. The minimum atomic E-state index is 0.618. The van der Waals surface area contributed by atoms with Gasteiger partial charge in [0.25, 0.3) is 0 Å². The number of furan rings is 1. The van der Waals surface area contributed by atoms with Gasteiger partial charge in [0.1, 0.15) is 11.2 Å². The number of fused-ring (bicyclic) bond motifs is 3. The Bertz CT molecular complexity index is 1250. The van der Waals surface area contributed by atoms with Gasteiger partial charge >= 0.3 is 0 Å². The summed E-state index contributed by atoms with van der Waals surface area (Å²) in [5.41, 5.74) is 3.50. The van der Waals surface area contributed by atoms with Crippen molar-refractivity contribution in [2.24, 2.45) is 0 Å². The molecule has 0 N–H and O–H groups in total. The number of aromatic nitrogens is 3. The van der Waals surface area contributed by atoms with Gasteiger partial charge in [-0.1, -0.05) is 60.7 Å². The monoisotopic (exact) mass is 449 g/mol. The maximum absolute atomic E-state index is 6.12. The van der Waals surface area contributed by atoms with E-state index in [1.54, 1.807) is 0 Å². The number of hydrogen-bond donors (Lipinski definition) is 0. The third-order valence-electron chi connectivity index (χ3n) is 4.29. The molecular weight excluding hydrogens is 437 g/mol. The van der Waals surface area contributed by atoms with Crippen molar-refractivity contribution in [1.29, 1.82) is 0 Å². The summed E-state index contributed by atoms with van der Waals surface area (Å²) in [7, 11) is 0. The summed E-state index contributed by atoms with van der Waals surface area (Å²) in [5, 5.41) is 2.16. The topological polar surface area (TPSA) is 51.8 Å². The number of benzene rings is 3. The van der Waals surface area contributed by atoms with E-state index < -0.39 is 0 Å². The van der Waals surface area contributed by atoms with Crippen molar-refractivity contribution < 1.29 is 4.42 Å². The summed E-state index contributed by atoms with van der Waals surface area (Å²) in [6, 6.07) is 24.0. The lowest BCUT2D eigenvalue weighted by molar-refractivity contribution is 0.669. The Labute approximate surface area is 163 Å². The van der Waals surface area contributed by atoms with Crippen LogP contribution in [0.1, 0.15) is 0 Å². The highest BCUT2D eigenvalue weighted by molar-refractivity contribution is 14.1. The normalized spacial score (nSPS) is 11.3. The van der Waals surface area contributed by atoms with Crippen molar-refractivity contribution in [2.75, 3.05) is 0 Å². The summed E-state index contributed by atoms with van der Waals surface area (Å²) >= 11 is 2.13. The summed E-state index contributed by atoms with van der Waals surface area (Å²) in [6.07, 6.45) is 0. The molecule has 26 heavy (non-hydrogen) atoms.